The number of para-hydroxylation sites is 1. The van der Waals surface area contributed by atoms with Crippen molar-refractivity contribution in [2.45, 2.75) is 26.3 Å². The first kappa shape index (κ1) is 19.9. The molecule has 0 aliphatic carbocycles. The molecule has 2 aromatic carbocycles. The number of carbonyl (C=O) groups is 2. The van der Waals surface area contributed by atoms with Crippen LogP contribution in [0.15, 0.2) is 65.5 Å². The fourth-order valence-corrected chi connectivity index (χ4v) is 4.45. The van der Waals surface area contributed by atoms with E-state index in [-0.39, 0.29) is 16.9 Å². The Bertz CT molecular complexity index is 1470. The normalized spacial score (nSPS) is 12.7. The number of nitrogens with zero attached hydrogens (tertiary/aromatic N) is 2. The van der Waals surface area contributed by atoms with Crippen LogP contribution in [0.25, 0.3) is 33.3 Å². The average molecular weight is 424 g/mol. The Balaban J connectivity index is 1.61. The molecule has 1 N–H and O–H groups in total. The maximum absolute atomic E-state index is 13.0. The molecule has 0 amide bonds. The molecule has 32 heavy (non-hydrogen) atoms. The summed E-state index contributed by atoms with van der Waals surface area (Å²) in [7, 11) is 0. The average Bonchev–Trinajstić information content (AvgIpc) is 3.29. The zero-order valence-electron chi connectivity index (χ0n) is 17.5. The minimum Gasteiger partial charge on any atom is -0.478 e. The van der Waals surface area contributed by atoms with Crippen molar-refractivity contribution in [2.75, 3.05) is 0 Å². The van der Waals surface area contributed by atoms with Crippen LogP contribution in [0.4, 0.5) is 0 Å². The van der Waals surface area contributed by atoms with Gasteiger partial charge in [0.15, 0.2) is 5.78 Å². The lowest BCUT2D eigenvalue weighted by atomic mass is 9.98. The highest BCUT2D eigenvalue weighted by atomic mass is 16.4. The minimum absolute atomic E-state index is 0.0462. The van der Waals surface area contributed by atoms with Gasteiger partial charge in [0.1, 0.15) is 0 Å². The van der Waals surface area contributed by atoms with E-state index in [0.29, 0.717) is 39.8 Å². The number of fused-ring (bicyclic) bond motifs is 2. The lowest BCUT2D eigenvalue weighted by molar-refractivity contribution is 0.0698. The molecule has 158 valence electrons. The molecular formula is C26H20N2O4. The minimum atomic E-state index is -1.01. The third kappa shape index (κ3) is 3.21. The van der Waals surface area contributed by atoms with Crippen LogP contribution in [0.5, 0.6) is 0 Å². The lowest BCUT2D eigenvalue weighted by Gasteiger charge is -2.12. The van der Waals surface area contributed by atoms with Crippen molar-refractivity contribution in [3.05, 3.63) is 87.8 Å². The van der Waals surface area contributed by atoms with Crippen LogP contribution in [0.3, 0.4) is 0 Å². The molecule has 0 atom stereocenters. The lowest BCUT2D eigenvalue weighted by Crippen LogP contribution is -2.23. The third-order valence-electron chi connectivity index (χ3n) is 6.01. The number of rotatable bonds is 4. The molecule has 0 unspecified atom stereocenters. The van der Waals surface area contributed by atoms with Gasteiger partial charge in [0.25, 0.3) is 5.56 Å². The van der Waals surface area contributed by atoms with E-state index >= 15 is 0 Å². The van der Waals surface area contributed by atoms with Gasteiger partial charge in [-0.25, -0.2) is 9.78 Å². The van der Waals surface area contributed by atoms with Gasteiger partial charge < -0.3 is 9.67 Å². The smallest absolute Gasteiger partial charge is 0.336 e. The Kier molecular flexibility index (Phi) is 4.70. The Hall–Kier alpha value is -4.06. The first-order chi connectivity index (χ1) is 15.4. The van der Waals surface area contributed by atoms with Gasteiger partial charge in [-0.15, -0.1) is 0 Å². The van der Waals surface area contributed by atoms with Crippen molar-refractivity contribution in [3.8, 4) is 22.4 Å². The van der Waals surface area contributed by atoms with Crippen LogP contribution < -0.4 is 5.56 Å². The molecule has 0 saturated carbocycles. The number of pyridine rings is 2. The zero-order chi connectivity index (χ0) is 22.4. The van der Waals surface area contributed by atoms with Crippen molar-refractivity contribution in [2.24, 2.45) is 0 Å². The number of aromatic carboxylic acids is 1. The second-order valence-electron chi connectivity index (χ2n) is 7.99. The summed E-state index contributed by atoms with van der Waals surface area (Å²) < 4.78 is 1.71. The largest absolute Gasteiger partial charge is 0.478 e. The summed E-state index contributed by atoms with van der Waals surface area (Å²) in [5.74, 6) is -1.06. The van der Waals surface area contributed by atoms with Gasteiger partial charge in [-0.1, -0.05) is 42.5 Å². The van der Waals surface area contributed by atoms with Gasteiger partial charge >= 0.3 is 5.97 Å². The third-order valence-corrected chi connectivity index (χ3v) is 6.01. The fourth-order valence-electron chi connectivity index (χ4n) is 4.45. The molecule has 0 radical (unpaired) electrons. The Morgan fingerprint density at radius 3 is 2.41 bits per heavy atom. The fraction of sp³-hybridized carbons (Fsp3) is 0.154. The van der Waals surface area contributed by atoms with Crippen molar-refractivity contribution >= 4 is 22.7 Å². The van der Waals surface area contributed by atoms with Crippen molar-refractivity contribution in [3.63, 3.8) is 0 Å². The molecule has 2 aromatic heterocycles. The first-order valence-electron chi connectivity index (χ1n) is 10.5. The van der Waals surface area contributed by atoms with Gasteiger partial charge in [0, 0.05) is 34.3 Å². The quantitative estimate of drug-likeness (QED) is 0.485. The van der Waals surface area contributed by atoms with E-state index in [2.05, 4.69) is 4.98 Å². The number of benzene rings is 2. The van der Waals surface area contributed by atoms with E-state index in [1.165, 1.54) is 6.92 Å². The molecule has 0 fully saturated rings. The van der Waals surface area contributed by atoms with E-state index < -0.39 is 5.97 Å². The number of carboxylic acids is 1. The molecule has 1 aliphatic rings. The predicted octanol–water partition coefficient (Wildman–Crippen LogP) is 4.58. The maximum atomic E-state index is 13.0. The molecule has 0 bridgehead atoms. The van der Waals surface area contributed by atoms with E-state index in [0.717, 1.165) is 24.1 Å². The highest BCUT2D eigenvalue weighted by molar-refractivity contribution is 6.03. The van der Waals surface area contributed by atoms with Crippen molar-refractivity contribution in [1.29, 1.82) is 0 Å². The van der Waals surface area contributed by atoms with Crippen LogP contribution in [0.2, 0.25) is 0 Å². The van der Waals surface area contributed by atoms with Crippen molar-refractivity contribution in [1.82, 2.24) is 9.55 Å². The number of aromatic nitrogens is 2. The summed E-state index contributed by atoms with van der Waals surface area (Å²) in [6.07, 6.45) is 1.60. The van der Waals surface area contributed by atoms with Crippen LogP contribution >= 0.6 is 0 Å². The molecule has 0 spiro atoms. The number of ketones is 1. The number of hydrogen-bond donors (Lipinski definition) is 1. The zero-order valence-corrected chi connectivity index (χ0v) is 17.5. The summed E-state index contributed by atoms with van der Waals surface area (Å²) in [6, 6.07) is 17.7. The predicted molar refractivity (Wildman–Crippen MR) is 122 cm³/mol. The number of Topliss-reactive ketones (excluding diaryl/α,β-unsaturated/α-hetero) is 1. The molecular weight excluding hydrogens is 404 g/mol. The van der Waals surface area contributed by atoms with E-state index in [1.807, 2.05) is 30.3 Å². The highest BCUT2D eigenvalue weighted by Gasteiger charge is 2.22. The Morgan fingerprint density at radius 1 is 0.969 bits per heavy atom. The van der Waals surface area contributed by atoms with E-state index in [9.17, 15) is 19.5 Å². The number of carboxylic acid groups (broad SMARTS) is 1. The number of carbonyl (C=O) groups excluding carboxylic acids is 1. The molecule has 6 heteroatoms. The SMILES string of the molecule is CC(=O)c1cc(-c2ccc(-c3cc(C(=O)O)c4ccccc4n3)cc2)c(=O)n2c1CCC2. The maximum Gasteiger partial charge on any atom is 0.336 e. The highest BCUT2D eigenvalue weighted by Crippen LogP contribution is 2.28. The van der Waals surface area contributed by atoms with E-state index in [1.54, 1.807) is 34.9 Å². The molecule has 1 aliphatic heterocycles. The molecule has 6 nitrogen and oxygen atoms in total. The molecule has 3 heterocycles. The van der Waals surface area contributed by atoms with Crippen molar-refractivity contribution < 1.29 is 14.7 Å². The monoisotopic (exact) mass is 424 g/mol. The standard InChI is InChI=1S/C26H20N2O4/c1-15(29)19-13-20(25(30)28-12-4-7-24(19)28)16-8-10-17(11-9-16)23-14-21(26(31)32)18-5-2-3-6-22(18)27-23/h2-3,5-6,8-11,13-14H,4,7,12H2,1H3,(H,31,32). The number of hydrogen-bond acceptors (Lipinski definition) is 4. The van der Waals surface area contributed by atoms with E-state index in [4.69, 9.17) is 0 Å². The van der Waals surface area contributed by atoms with Gasteiger partial charge in [-0.2, -0.15) is 0 Å². The van der Waals surface area contributed by atoms with Gasteiger partial charge in [-0.3, -0.25) is 9.59 Å². The second kappa shape index (κ2) is 7.57. The van der Waals surface area contributed by atoms with Crippen LogP contribution in [0, 0.1) is 0 Å². The second-order valence-corrected chi connectivity index (χ2v) is 7.99. The molecule has 4 aromatic rings. The molecule has 5 rings (SSSR count). The molecule has 0 saturated heterocycles. The Labute approximate surface area is 183 Å². The van der Waals surface area contributed by atoms with Gasteiger partial charge in [0.2, 0.25) is 0 Å². The van der Waals surface area contributed by atoms with Crippen LogP contribution in [-0.2, 0) is 13.0 Å². The van der Waals surface area contributed by atoms with Crippen LogP contribution in [0.1, 0.15) is 39.8 Å². The summed E-state index contributed by atoms with van der Waals surface area (Å²) in [5.41, 5.74) is 4.62. The summed E-state index contributed by atoms with van der Waals surface area (Å²) >= 11 is 0. The summed E-state index contributed by atoms with van der Waals surface area (Å²) in [6.45, 7) is 2.15. The topological polar surface area (TPSA) is 89.3 Å². The van der Waals surface area contributed by atoms with Gasteiger partial charge in [-0.05, 0) is 43.5 Å². The summed E-state index contributed by atoms with van der Waals surface area (Å²) in [4.78, 5) is 41.6. The van der Waals surface area contributed by atoms with Gasteiger partial charge in [0.05, 0.1) is 16.8 Å². The van der Waals surface area contributed by atoms with Crippen LogP contribution in [-0.4, -0.2) is 26.4 Å². The first-order valence-corrected chi connectivity index (χ1v) is 10.5. The Morgan fingerprint density at radius 2 is 1.69 bits per heavy atom. The summed E-state index contributed by atoms with van der Waals surface area (Å²) in [5, 5.41) is 10.2.